The Labute approximate surface area is 201 Å². The molecule has 0 bridgehead atoms. The lowest BCUT2D eigenvalue weighted by Gasteiger charge is -2.16. The molecule has 1 aliphatic carbocycles. The maximum absolute atomic E-state index is 13.4. The fourth-order valence-electron chi connectivity index (χ4n) is 4.51. The third kappa shape index (κ3) is 4.58. The van der Waals surface area contributed by atoms with Crippen molar-refractivity contribution in [1.82, 2.24) is 4.72 Å². The zero-order chi connectivity index (χ0) is 23.9. The highest BCUT2D eigenvalue weighted by molar-refractivity contribution is 7.88. The number of nitrogens with one attached hydrogen (secondary N) is 1. The van der Waals surface area contributed by atoms with E-state index in [1.54, 1.807) is 0 Å². The zero-order valence-electron chi connectivity index (χ0n) is 19.3. The summed E-state index contributed by atoms with van der Waals surface area (Å²) in [6, 6.07) is 19.8. The van der Waals surface area contributed by atoms with E-state index in [2.05, 4.69) is 23.8 Å². The van der Waals surface area contributed by atoms with Gasteiger partial charge in [0.25, 0.3) is 0 Å². The van der Waals surface area contributed by atoms with E-state index in [1.807, 2.05) is 48.5 Å². The first-order chi connectivity index (χ1) is 16.2. The molecule has 1 N–H and O–H groups in total. The highest BCUT2D eigenvalue weighted by atomic mass is 32.2. The molecule has 0 atom stereocenters. The number of ketones is 1. The number of carbonyl (C=O) groups is 1. The monoisotopic (exact) mass is 479 g/mol. The van der Waals surface area contributed by atoms with E-state index in [-0.39, 0.29) is 20.5 Å². The molecular weight excluding hydrogens is 450 g/mol. The summed E-state index contributed by atoms with van der Waals surface area (Å²) in [5, 5.41) is 0. The second-order valence-corrected chi connectivity index (χ2v) is 11.0. The summed E-state index contributed by atoms with van der Waals surface area (Å²) in [5.74, 6) is 1.67. The summed E-state index contributed by atoms with van der Waals surface area (Å²) in [5.41, 5.74) is 5.67. The average Bonchev–Trinajstić information content (AvgIpc) is 3.50. The molecule has 0 amide bonds. The smallest absolute Gasteiger partial charge is 0.231 e. The number of hydrogen-bond donors (Lipinski definition) is 1. The predicted molar refractivity (Wildman–Crippen MR) is 133 cm³/mol. The maximum atomic E-state index is 13.4. The van der Waals surface area contributed by atoms with Crippen LogP contribution >= 0.6 is 0 Å². The molecular formula is C27H29NO5S. The van der Waals surface area contributed by atoms with Crippen LogP contribution in [0.15, 0.2) is 60.7 Å². The summed E-state index contributed by atoms with van der Waals surface area (Å²) >= 11 is 0. The van der Waals surface area contributed by atoms with Crippen molar-refractivity contribution in [2.24, 2.45) is 0 Å². The molecule has 7 heteroatoms. The first-order valence-electron chi connectivity index (χ1n) is 11.3. The van der Waals surface area contributed by atoms with Gasteiger partial charge in [-0.2, -0.15) is 0 Å². The molecule has 178 valence electrons. The fraction of sp³-hybridized carbons (Fsp3) is 0.296. The lowest BCUT2D eigenvalue weighted by molar-refractivity contribution is -0.120. The highest BCUT2D eigenvalue weighted by Gasteiger charge is 2.50. The van der Waals surface area contributed by atoms with E-state index in [4.69, 9.17) is 9.47 Å². The van der Waals surface area contributed by atoms with E-state index in [0.29, 0.717) is 12.2 Å². The van der Waals surface area contributed by atoms with Gasteiger partial charge in [0.15, 0.2) is 11.5 Å². The van der Waals surface area contributed by atoms with Gasteiger partial charge in [0, 0.05) is 14.4 Å². The molecule has 1 fully saturated rings. The third-order valence-corrected chi connectivity index (χ3v) is 7.35. The number of benzene rings is 3. The van der Waals surface area contributed by atoms with Crippen LogP contribution in [-0.2, 0) is 33.2 Å². The van der Waals surface area contributed by atoms with Crippen molar-refractivity contribution in [2.75, 3.05) is 13.0 Å². The zero-order valence-corrected chi connectivity index (χ0v) is 20.1. The van der Waals surface area contributed by atoms with Crippen molar-refractivity contribution in [1.29, 1.82) is 0 Å². The Morgan fingerprint density at radius 2 is 1.68 bits per heavy atom. The van der Waals surface area contributed by atoms with Crippen molar-refractivity contribution in [3.63, 3.8) is 0 Å². The van der Waals surface area contributed by atoms with Crippen LogP contribution in [0.4, 0.5) is 0 Å². The molecule has 34 heavy (non-hydrogen) atoms. The van der Waals surface area contributed by atoms with Gasteiger partial charge >= 0.3 is 0 Å². The van der Waals surface area contributed by atoms with E-state index >= 15 is 0 Å². The second-order valence-electron chi connectivity index (χ2n) is 9.19. The Balaban J connectivity index is 0.00000289. The molecule has 0 aromatic heterocycles. The van der Waals surface area contributed by atoms with E-state index in [9.17, 15) is 13.2 Å². The number of ether oxygens (including phenoxy) is 2. The third-order valence-electron chi connectivity index (χ3n) is 6.68. The minimum absolute atomic E-state index is 0. The number of sulfonamides is 1. The Hall–Kier alpha value is -3.16. The standard InChI is InChI=1S/C27H27NO5S.H2/c1-18-3-4-20(13-23(18)21-7-5-19(6-8-21)16-28-34(2,30)31)14-26(29)27(11-12-27)22-9-10-24-25(15-22)33-17-32-24;/h3-10,13,15,28H,11-12,14,16-17H2,1-2H3;1H. The molecule has 0 saturated heterocycles. The van der Waals surface area contributed by atoms with Gasteiger partial charge in [-0.25, -0.2) is 13.1 Å². The number of aryl methyl sites for hydroxylation is 1. The van der Waals surface area contributed by atoms with Gasteiger partial charge < -0.3 is 9.47 Å². The van der Waals surface area contributed by atoms with Crippen LogP contribution in [0.1, 0.15) is 36.5 Å². The van der Waals surface area contributed by atoms with Crippen LogP contribution in [0.25, 0.3) is 11.1 Å². The molecule has 0 spiro atoms. The second kappa shape index (κ2) is 8.56. The number of Topliss-reactive ketones (excluding diaryl/α,β-unsaturated/α-hetero) is 1. The Kier molecular flexibility index (Phi) is 5.70. The van der Waals surface area contributed by atoms with Crippen LogP contribution in [0.3, 0.4) is 0 Å². The van der Waals surface area contributed by atoms with Crippen molar-refractivity contribution in [3.8, 4) is 22.6 Å². The molecule has 1 aliphatic heterocycles. The van der Waals surface area contributed by atoms with Crippen LogP contribution < -0.4 is 14.2 Å². The topological polar surface area (TPSA) is 81.7 Å². The molecule has 0 radical (unpaired) electrons. The molecule has 0 unspecified atom stereocenters. The summed E-state index contributed by atoms with van der Waals surface area (Å²) < 4.78 is 36.1. The van der Waals surface area contributed by atoms with E-state index in [1.165, 1.54) is 0 Å². The molecule has 1 saturated carbocycles. The minimum Gasteiger partial charge on any atom is -0.454 e. The van der Waals surface area contributed by atoms with Crippen LogP contribution in [0.5, 0.6) is 11.5 Å². The lowest BCUT2D eigenvalue weighted by atomic mass is 9.87. The van der Waals surface area contributed by atoms with Gasteiger partial charge in [0.2, 0.25) is 16.8 Å². The molecule has 2 aliphatic rings. The van der Waals surface area contributed by atoms with Gasteiger partial charge in [-0.15, -0.1) is 0 Å². The first kappa shape index (κ1) is 22.6. The van der Waals surface area contributed by atoms with Crippen molar-refractivity contribution < 1.29 is 24.1 Å². The number of carbonyl (C=O) groups excluding carboxylic acids is 1. The summed E-state index contributed by atoms with van der Waals surface area (Å²) in [6.45, 7) is 2.53. The maximum Gasteiger partial charge on any atom is 0.231 e. The van der Waals surface area contributed by atoms with Gasteiger partial charge in [-0.3, -0.25) is 4.79 Å². The Morgan fingerprint density at radius 1 is 0.971 bits per heavy atom. The SMILES string of the molecule is Cc1ccc(CC(=O)C2(c3ccc4c(c3)OCO4)CC2)cc1-c1ccc(CNS(C)(=O)=O)cc1.[HH]. The lowest BCUT2D eigenvalue weighted by Crippen LogP contribution is -2.22. The van der Waals surface area contributed by atoms with Crippen molar-refractivity contribution in [2.45, 2.75) is 38.1 Å². The highest BCUT2D eigenvalue weighted by Crippen LogP contribution is 2.51. The molecule has 6 nitrogen and oxygen atoms in total. The largest absolute Gasteiger partial charge is 0.454 e. The van der Waals surface area contributed by atoms with Crippen molar-refractivity contribution >= 4 is 15.8 Å². The number of rotatable bonds is 8. The van der Waals surface area contributed by atoms with Gasteiger partial charge in [-0.05, 0) is 65.3 Å². The molecule has 3 aromatic carbocycles. The molecule has 3 aromatic rings. The Morgan fingerprint density at radius 3 is 2.38 bits per heavy atom. The van der Waals surface area contributed by atoms with Crippen LogP contribution in [0.2, 0.25) is 0 Å². The summed E-state index contributed by atoms with van der Waals surface area (Å²) in [4.78, 5) is 13.4. The summed E-state index contributed by atoms with van der Waals surface area (Å²) in [7, 11) is -3.23. The van der Waals surface area contributed by atoms with E-state index in [0.717, 1.165) is 58.2 Å². The predicted octanol–water partition coefficient (Wildman–Crippen LogP) is 4.53. The summed E-state index contributed by atoms with van der Waals surface area (Å²) in [6.07, 6.45) is 3.23. The van der Waals surface area contributed by atoms with Crippen LogP contribution in [0, 0.1) is 6.92 Å². The quantitative estimate of drug-likeness (QED) is 0.513. The van der Waals surface area contributed by atoms with Crippen LogP contribution in [-0.4, -0.2) is 27.2 Å². The normalized spacial score (nSPS) is 15.8. The molecule has 5 rings (SSSR count). The number of hydrogen-bond acceptors (Lipinski definition) is 5. The van der Waals surface area contributed by atoms with Crippen molar-refractivity contribution in [3.05, 3.63) is 82.9 Å². The van der Waals surface area contributed by atoms with Gasteiger partial charge in [-0.1, -0.05) is 48.5 Å². The first-order valence-corrected chi connectivity index (χ1v) is 13.2. The molecule has 1 heterocycles. The van der Waals surface area contributed by atoms with Gasteiger partial charge in [0.05, 0.1) is 11.7 Å². The average molecular weight is 480 g/mol. The van der Waals surface area contributed by atoms with E-state index < -0.39 is 15.4 Å². The number of fused-ring (bicyclic) bond motifs is 1. The minimum atomic E-state index is -3.23. The van der Waals surface area contributed by atoms with Gasteiger partial charge in [0.1, 0.15) is 5.78 Å². The fourth-order valence-corrected chi connectivity index (χ4v) is 4.94. The Bertz CT molecular complexity index is 1360.